The maximum absolute atomic E-state index is 12.5. The van der Waals surface area contributed by atoms with Crippen LogP contribution in [0.1, 0.15) is 39.3 Å². The highest BCUT2D eigenvalue weighted by Gasteiger charge is 2.19. The monoisotopic (exact) mass is 387 g/mol. The molecule has 2 atom stereocenters. The molecule has 28 heavy (non-hydrogen) atoms. The van der Waals surface area contributed by atoms with Gasteiger partial charge in [0.05, 0.1) is 26.4 Å². The predicted octanol–water partition coefficient (Wildman–Crippen LogP) is 4.14. The lowest BCUT2D eigenvalue weighted by atomic mass is 10.1. The molecule has 0 spiro atoms. The molecule has 0 aliphatic rings. The first-order valence-electron chi connectivity index (χ1n) is 9.49. The molecule has 152 valence electrons. The largest absolute Gasteiger partial charge is 0.497 e. The molecule has 6 nitrogen and oxygen atoms in total. The number of methoxy groups -OCH3 is 1. The molecule has 0 unspecified atom stereocenters. The first kappa shape index (κ1) is 21.4. The minimum absolute atomic E-state index is 0.206. The Morgan fingerprint density at radius 3 is 2.32 bits per heavy atom. The van der Waals surface area contributed by atoms with Crippen molar-refractivity contribution in [3.63, 3.8) is 0 Å². The lowest BCUT2D eigenvalue weighted by molar-refractivity contribution is -0.127. The SMILES string of the molecule is CCOc1ccc([C@@H](C)NC(=O)[C@H](C)Oc2cccc(OC)c2)cc1OCC. The van der Waals surface area contributed by atoms with Crippen molar-refractivity contribution >= 4 is 5.91 Å². The zero-order chi connectivity index (χ0) is 20.5. The summed E-state index contributed by atoms with van der Waals surface area (Å²) in [5, 5.41) is 2.97. The van der Waals surface area contributed by atoms with E-state index in [-0.39, 0.29) is 11.9 Å². The summed E-state index contributed by atoms with van der Waals surface area (Å²) in [7, 11) is 1.59. The van der Waals surface area contributed by atoms with E-state index in [1.807, 2.05) is 51.1 Å². The number of ether oxygens (including phenoxy) is 4. The lowest BCUT2D eigenvalue weighted by Crippen LogP contribution is -2.37. The van der Waals surface area contributed by atoms with Crippen molar-refractivity contribution in [2.75, 3.05) is 20.3 Å². The number of amides is 1. The number of hydrogen-bond donors (Lipinski definition) is 1. The van der Waals surface area contributed by atoms with Crippen LogP contribution in [0.4, 0.5) is 0 Å². The van der Waals surface area contributed by atoms with Gasteiger partial charge in [0.25, 0.3) is 5.91 Å². The van der Waals surface area contributed by atoms with Gasteiger partial charge in [-0.2, -0.15) is 0 Å². The molecule has 0 aliphatic heterocycles. The molecule has 0 heterocycles. The molecular formula is C22H29NO5. The van der Waals surface area contributed by atoms with E-state index in [9.17, 15) is 4.79 Å². The maximum atomic E-state index is 12.5. The van der Waals surface area contributed by atoms with Crippen LogP contribution in [0.3, 0.4) is 0 Å². The molecule has 2 aromatic carbocycles. The molecule has 0 saturated heterocycles. The lowest BCUT2D eigenvalue weighted by Gasteiger charge is -2.20. The highest BCUT2D eigenvalue weighted by atomic mass is 16.5. The Bertz CT molecular complexity index is 777. The highest BCUT2D eigenvalue weighted by molar-refractivity contribution is 5.81. The van der Waals surface area contributed by atoms with Gasteiger partial charge < -0.3 is 24.3 Å². The number of benzene rings is 2. The second-order valence-corrected chi connectivity index (χ2v) is 6.24. The van der Waals surface area contributed by atoms with Crippen LogP contribution in [-0.4, -0.2) is 32.3 Å². The van der Waals surface area contributed by atoms with Gasteiger partial charge >= 0.3 is 0 Å². The Labute approximate surface area is 166 Å². The van der Waals surface area contributed by atoms with Gasteiger partial charge in [-0.15, -0.1) is 0 Å². The van der Waals surface area contributed by atoms with Crippen molar-refractivity contribution in [3.8, 4) is 23.0 Å². The van der Waals surface area contributed by atoms with Crippen molar-refractivity contribution < 1.29 is 23.7 Å². The zero-order valence-electron chi connectivity index (χ0n) is 17.2. The molecule has 6 heteroatoms. The fraction of sp³-hybridized carbons (Fsp3) is 0.409. The smallest absolute Gasteiger partial charge is 0.261 e. The van der Waals surface area contributed by atoms with Crippen LogP contribution in [0.15, 0.2) is 42.5 Å². The third kappa shape index (κ3) is 5.81. The van der Waals surface area contributed by atoms with E-state index < -0.39 is 6.10 Å². The molecule has 2 aromatic rings. The van der Waals surface area contributed by atoms with Gasteiger partial charge in [-0.05, 0) is 57.5 Å². The van der Waals surface area contributed by atoms with E-state index in [2.05, 4.69) is 5.32 Å². The van der Waals surface area contributed by atoms with Gasteiger partial charge in [0.15, 0.2) is 17.6 Å². The highest BCUT2D eigenvalue weighted by Crippen LogP contribution is 2.30. The molecule has 0 fully saturated rings. The van der Waals surface area contributed by atoms with Crippen molar-refractivity contribution in [2.24, 2.45) is 0 Å². The van der Waals surface area contributed by atoms with Crippen molar-refractivity contribution in [3.05, 3.63) is 48.0 Å². The van der Waals surface area contributed by atoms with E-state index >= 15 is 0 Å². The van der Waals surface area contributed by atoms with Gasteiger partial charge in [0.1, 0.15) is 11.5 Å². The van der Waals surface area contributed by atoms with Crippen LogP contribution in [-0.2, 0) is 4.79 Å². The zero-order valence-corrected chi connectivity index (χ0v) is 17.2. The van der Waals surface area contributed by atoms with E-state index in [4.69, 9.17) is 18.9 Å². The fourth-order valence-electron chi connectivity index (χ4n) is 2.68. The van der Waals surface area contributed by atoms with Gasteiger partial charge in [-0.25, -0.2) is 0 Å². The normalized spacial score (nSPS) is 12.6. The fourth-order valence-corrected chi connectivity index (χ4v) is 2.68. The quantitative estimate of drug-likeness (QED) is 0.664. The van der Waals surface area contributed by atoms with E-state index in [0.717, 1.165) is 5.56 Å². The topological polar surface area (TPSA) is 66.0 Å². The van der Waals surface area contributed by atoms with E-state index in [1.54, 1.807) is 26.2 Å². The van der Waals surface area contributed by atoms with Gasteiger partial charge in [0.2, 0.25) is 0 Å². The van der Waals surface area contributed by atoms with Crippen LogP contribution in [0.5, 0.6) is 23.0 Å². The van der Waals surface area contributed by atoms with Crippen LogP contribution in [0.25, 0.3) is 0 Å². The van der Waals surface area contributed by atoms with E-state index in [1.165, 1.54) is 0 Å². The Morgan fingerprint density at radius 1 is 0.964 bits per heavy atom. The Morgan fingerprint density at radius 2 is 1.64 bits per heavy atom. The number of rotatable bonds is 10. The second kappa shape index (κ2) is 10.4. The molecule has 1 N–H and O–H groups in total. The average Bonchev–Trinajstić information content (AvgIpc) is 2.69. The van der Waals surface area contributed by atoms with Gasteiger partial charge in [-0.1, -0.05) is 12.1 Å². The Hall–Kier alpha value is -2.89. The average molecular weight is 387 g/mol. The Kier molecular flexibility index (Phi) is 7.99. The molecule has 0 radical (unpaired) electrons. The molecular weight excluding hydrogens is 358 g/mol. The summed E-state index contributed by atoms with van der Waals surface area (Å²) in [5.74, 6) is 2.41. The summed E-state index contributed by atoms with van der Waals surface area (Å²) in [6.07, 6.45) is -0.649. The molecule has 0 aromatic heterocycles. The van der Waals surface area contributed by atoms with Crippen LogP contribution in [0.2, 0.25) is 0 Å². The number of carbonyl (C=O) groups is 1. The molecule has 0 saturated carbocycles. The van der Waals surface area contributed by atoms with Gasteiger partial charge in [-0.3, -0.25) is 4.79 Å². The minimum atomic E-state index is -0.649. The first-order valence-corrected chi connectivity index (χ1v) is 9.49. The Balaban J connectivity index is 2.03. The van der Waals surface area contributed by atoms with Gasteiger partial charge in [0, 0.05) is 6.07 Å². The third-order valence-corrected chi connectivity index (χ3v) is 4.15. The van der Waals surface area contributed by atoms with Crippen molar-refractivity contribution in [2.45, 2.75) is 39.8 Å². The minimum Gasteiger partial charge on any atom is -0.497 e. The van der Waals surface area contributed by atoms with E-state index in [0.29, 0.717) is 36.2 Å². The number of carbonyl (C=O) groups excluding carboxylic acids is 1. The summed E-state index contributed by atoms with van der Waals surface area (Å²) in [5.41, 5.74) is 0.925. The first-order chi connectivity index (χ1) is 13.5. The summed E-state index contributed by atoms with van der Waals surface area (Å²) in [4.78, 5) is 12.5. The van der Waals surface area contributed by atoms with Crippen molar-refractivity contribution in [1.29, 1.82) is 0 Å². The molecule has 2 rings (SSSR count). The summed E-state index contributed by atoms with van der Waals surface area (Å²) < 4.78 is 22.2. The second-order valence-electron chi connectivity index (χ2n) is 6.24. The van der Waals surface area contributed by atoms with Crippen LogP contribution >= 0.6 is 0 Å². The van der Waals surface area contributed by atoms with Crippen LogP contribution < -0.4 is 24.3 Å². The summed E-state index contributed by atoms with van der Waals surface area (Å²) >= 11 is 0. The number of hydrogen-bond acceptors (Lipinski definition) is 5. The van der Waals surface area contributed by atoms with Crippen LogP contribution in [0, 0.1) is 0 Å². The molecule has 0 bridgehead atoms. The predicted molar refractivity (Wildman–Crippen MR) is 108 cm³/mol. The molecule has 0 aliphatic carbocycles. The standard InChI is InChI=1S/C22H29NO5/c1-6-26-20-12-11-17(13-21(20)27-7-2)15(3)23-22(24)16(4)28-19-10-8-9-18(14-19)25-5/h8-16H,6-7H2,1-5H3,(H,23,24)/t15-,16+/m1/s1. The number of nitrogens with one attached hydrogen (secondary N) is 1. The molecule has 1 amide bonds. The summed E-state index contributed by atoms with van der Waals surface area (Å²) in [6, 6.07) is 12.6. The third-order valence-electron chi connectivity index (χ3n) is 4.15. The maximum Gasteiger partial charge on any atom is 0.261 e. The summed E-state index contributed by atoms with van der Waals surface area (Å²) in [6.45, 7) is 8.58. The van der Waals surface area contributed by atoms with Crippen molar-refractivity contribution in [1.82, 2.24) is 5.32 Å².